The molecule has 2 aromatic heterocycles. The summed E-state index contributed by atoms with van der Waals surface area (Å²) in [5, 5.41) is 1.42. The quantitative estimate of drug-likeness (QED) is 0.689. The second-order valence-electron chi connectivity index (χ2n) is 4.50. The van der Waals surface area contributed by atoms with Gasteiger partial charge in [0, 0.05) is 34.9 Å². The number of aldehydes is 1. The monoisotopic (exact) mass is 288 g/mol. The average molecular weight is 289 g/mol. The van der Waals surface area contributed by atoms with Gasteiger partial charge >= 0.3 is 0 Å². The number of carbonyl (C=O) groups excluding carboxylic acids is 1. The number of fused-ring (bicyclic) bond motifs is 1. The predicted molar refractivity (Wildman–Crippen MR) is 75.6 cm³/mol. The predicted octanol–water partition coefficient (Wildman–Crippen LogP) is 3.69. The van der Waals surface area contributed by atoms with Gasteiger partial charge in [-0.05, 0) is 23.8 Å². The molecule has 0 aliphatic heterocycles. The highest BCUT2D eigenvalue weighted by atomic mass is 35.5. The lowest BCUT2D eigenvalue weighted by Crippen LogP contribution is -1.99. The molecule has 0 bridgehead atoms. The molecule has 0 saturated carbocycles. The van der Waals surface area contributed by atoms with Crippen molar-refractivity contribution in [2.75, 3.05) is 0 Å². The molecule has 3 nitrogen and oxygen atoms in total. The van der Waals surface area contributed by atoms with Gasteiger partial charge in [-0.15, -0.1) is 0 Å². The van der Waals surface area contributed by atoms with Gasteiger partial charge < -0.3 is 4.57 Å². The summed E-state index contributed by atoms with van der Waals surface area (Å²) < 4.78 is 15.0. The van der Waals surface area contributed by atoms with Crippen LogP contribution in [0.25, 0.3) is 10.9 Å². The fraction of sp³-hybridized carbons (Fsp3) is 0.0667. The average Bonchev–Trinajstić information content (AvgIpc) is 2.76. The Morgan fingerprint density at radius 2 is 2.15 bits per heavy atom. The smallest absolute Gasteiger partial charge is 0.152 e. The first kappa shape index (κ1) is 12.8. The molecule has 20 heavy (non-hydrogen) atoms. The molecule has 0 radical (unpaired) electrons. The molecular formula is C15H10ClFN2O. The third kappa shape index (κ3) is 2.30. The normalized spacial score (nSPS) is 10.9. The zero-order valence-electron chi connectivity index (χ0n) is 10.4. The minimum absolute atomic E-state index is 0.382. The van der Waals surface area contributed by atoms with Crippen LogP contribution >= 0.6 is 11.6 Å². The third-order valence-corrected chi connectivity index (χ3v) is 3.35. The largest absolute Gasteiger partial charge is 0.342 e. The van der Waals surface area contributed by atoms with E-state index in [1.165, 1.54) is 6.07 Å². The fourth-order valence-corrected chi connectivity index (χ4v) is 2.42. The van der Waals surface area contributed by atoms with Crippen LogP contribution < -0.4 is 0 Å². The number of hydrogen-bond donors (Lipinski definition) is 0. The van der Waals surface area contributed by atoms with E-state index in [1.54, 1.807) is 24.5 Å². The van der Waals surface area contributed by atoms with Gasteiger partial charge in [-0.25, -0.2) is 4.39 Å². The second-order valence-corrected chi connectivity index (χ2v) is 4.94. The molecule has 0 aliphatic rings. The van der Waals surface area contributed by atoms with Crippen LogP contribution in [0.1, 0.15) is 15.9 Å². The van der Waals surface area contributed by atoms with E-state index >= 15 is 0 Å². The molecule has 0 unspecified atom stereocenters. The van der Waals surface area contributed by atoms with Crippen molar-refractivity contribution in [3.8, 4) is 0 Å². The van der Waals surface area contributed by atoms with E-state index in [2.05, 4.69) is 4.98 Å². The van der Waals surface area contributed by atoms with Gasteiger partial charge in [-0.3, -0.25) is 9.78 Å². The summed E-state index contributed by atoms with van der Waals surface area (Å²) in [6, 6.07) is 6.76. The van der Waals surface area contributed by atoms with Crippen molar-refractivity contribution >= 4 is 28.8 Å². The number of hydrogen-bond acceptors (Lipinski definition) is 2. The van der Waals surface area contributed by atoms with Crippen LogP contribution in [0.15, 0.2) is 42.9 Å². The number of aromatic nitrogens is 2. The summed E-state index contributed by atoms with van der Waals surface area (Å²) in [4.78, 5) is 14.9. The summed E-state index contributed by atoms with van der Waals surface area (Å²) >= 11 is 6.00. The minimum atomic E-state index is -0.382. The van der Waals surface area contributed by atoms with Crippen LogP contribution in [0, 0.1) is 5.82 Å². The minimum Gasteiger partial charge on any atom is -0.342 e. The molecule has 0 aliphatic carbocycles. The Balaban J connectivity index is 2.11. The van der Waals surface area contributed by atoms with Gasteiger partial charge in [-0.1, -0.05) is 17.7 Å². The maximum atomic E-state index is 13.2. The first-order valence-corrected chi connectivity index (χ1v) is 6.38. The highest BCUT2D eigenvalue weighted by Crippen LogP contribution is 2.24. The van der Waals surface area contributed by atoms with Crippen molar-refractivity contribution in [3.05, 3.63) is 64.8 Å². The van der Waals surface area contributed by atoms with E-state index in [1.807, 2.05) is 10.6 Å². The van der Waals surface area contributed by atoms with Crippen molar-refractivity contribution in [1.82, 2.24) is 9.55 Å². The molecule has 100 valence electrons. The Kier molecular flexibility index (Phi) is 3.24. The number of halogens is 2. The lowest BCUT2D eigenvalue weighted by atomic mass is 10.2. The molecule has 3 rings (SSSR count). The van der Waals surface area contributed by atoms with Gasteiger partial charge in [0.2, 0.25) is 0 Å². The van der Waals surface area contributed by atoms with Crippen molar-refractivity contribution in [3.63, 3.8) is 0 Å². The zero-order valence-corrected chi connectivity index (χ0v) is 11.1. The molecule has 1 aromatic carbocycles. The van der Waals surface area contributed by atoms with Gasteiger partial charge in [0.25, 0.3) is 0 Å². The van der Waals surface area contributed by atoms with Gasteiger partial charge in [0.15, 0.2) is 6.29 Å². The van der Waals surface area contributed by atoms with E-state index in [4.69, 9.17) is 11.6 Å². The Labute approximate surface area is 119 Å². The molecule has 0 amide bonds. The molecule has 5 heteroatoms. The summed E-state index contributed by atoms with van der Waals surface area (Å²) in [5.41, 5.74) is 2.14. The van der Waals surface area contributed by atoms with Crippen molar-refractivity contribution in [2.24, 2.45) is 0 Å². The van der Waals surface area contributed by atoms with Crippen LogP contribution in [0.3, 0.4) is 0 Å². The molecular weight excluding hydrogens is 279 g/mol. The maximum absolute atomic E-state index is 13.2. The van der Waals surface area contributed by atoms with E-state index in [0.29, 0.717) is 17.1 Å². The SMILES string of the molecule is O=Cc1cn(Cc2cncc(F)c2)c2cc(Cl)ccc12. The van der Waals surface area contributed by atoms with Gasteiger partial charge in [-0.2, -0.15) is 0 Å². The van der Waals surface area contributed by atoms with E-state index in [-0.39, 0.29) is 5.82 Å². The maximum Gasteiger partial charge on any atom is 0.152 e. The number of nitrogens with zero attached hydrogens (tertiary/aromatic N) is 2. The van der Waals surface area contributed by atoms with Crippen LogP contribution in [0.4, 0.5) is 4.39 Å². The molecule has 3 aromatic rings. The molecule has 0 N–H and O–H groups in total. The lowest BCUT2D eigenvalue weighted by molar-refractivity contribution is 0.112. The Morgan fingerprint density at radius 3 is 2.90 bits per heavy atom. The summed E-state index contributed by atoms with van der Waals surface area (Å²) in [6.07, 6.45) is 5.29. The summed E-state index contributed by atoms with van der Waals surface area (Å²) in [5.74, 6) is -0.382. The van der Waals surface area contributed by atoms with Crippen LogP contribution in [0.5, 0.6) is 0 Å². The fourth-order valence-electron chi connectivity index (χ4n) is 2.26. The summed E-state index contributed by atoms with van der Waals surface area (Å²) in [7, 11) is 0. The highest BCUT2D eigenvalue weighted by Gasteiger charge is 2.09. The molecule has 0 atom stereocenters. The van der Waals surface area contributed by atoms with Crippen molar-refractivity contribution in [2.45, 2.75) is 6.54 Å². The molecule has 2 heterocycles. The van der Waals surface area contributed by atoms with Crippen LogP contribution in [0.2, 0.25) is 5.02 Å². The Bertz CT molecular complexity index is 798. The number of pyridine rings is 1. The van der Waals surface area contributed by atoms with E-state index in [0.717, 1.165) is 28.9 Å². The van der Waals surface area contributed by atoms with Gasteiger partial charge in [0.1, 0.15) is 5.82 Å². The highest BCUT2D eigenvalue weighted by molar-refractivity contribution is 6.31. The standard InChI is InChI=1S/C15H10ClFN2O/c16-12-1-2-14-11(9-20)8-19(15(14)4-12)7-10-3-13(17)6-18-5-10/h1-6,8-9H,7H2. The number of rotatable bonds is 3. The van der Waals surface area contributed by atoms with E-state index < -0.39 is 0 Å². The molecule has 0 fully saturated rings. The number of carbonyl (C=O) groups is 1. The summed E-state index contributed by atoms with van der Waals surface area (Å²) in [6.45, 7) is 0.426. The van der Waals surface area contributed by atoms with Crippen LogP contribution in [-0.4, -0.2) is 15.8 Å². The first-order valence-electron chi connectivity index (χ1n) is 6.00. The lowest BCUT2D eigenvalue weighted by Gasteiger charge is -2.05. The topological polar surface area (TPSA) is 34.9 Å². The Morgan fingerprint density at radius 1 is 1.30 bits per heavy atom. The Hall–Kier alpha value is -2.20. The third-order valence-electron chi connectivity index (χ3n) is 3.12. The number of benzene rings is 1. The first-order chi connectivity index (χ1) is 9.67. The molecule has 0 spiro atoms. The van der Waals surface area contributed by atoms with Gasteiger partial charge in [0.05, 0.1) is 11.7 Å². The van der Waals surface area contributed by atoms with Crippen molar-refractivity contribution in [1.29, 1.82) is 0 Å². The van der Waals surface area contributed by atoms with Crippen molar-refractivity contribution < 1.29 is 9.18 Å². The second kappa shape index (κ2) is 5.06. The zero-order chi connectivity index (χ0) is 14.1. The molecule has 0 saturated heterocycles. The van der Waals surface area contributed by atoms with Crippen LogP contribution in [-0.2, 0) is 6.54 Å². The van der Waals surface area contributed by atoms with E-state index in [9.17, 15) is 9.18 Å².